The van der Waals surface area contributed by atoms with Crippen molar-refractivity contribution in [2.24, 2.45) is 0 Å². The highest BCUT2D eigenvalue weighted by Gasteiger charge is 2.19. The van der Waals surface area contributed by atoms with Crippen LogP contribution in [0.4, 0.5) is 0 Å². The summed E-state index contributed by atoms with van der Waals surface area (Å²) in [7, 11) is 2.53. The molecular weight excluding hydrogens is 266 g/mol. The lowest BCUT2D eigenvalue weighted by Gasteiger charge is -2.35. The third kappa shape index (κ3) is 13.6. The first-order chi connectivity index (χ1) is 10.7. The Labute approximate surface area is 142 Å². The Morgan fingerprint density at radius 1 is 0.409 bits per heavy atom. The second kappa shape index (κ2) is 15.8. The Hall–Kier alpha value is -0.0400. The highest BCUT2D eigenvalue weighted by atomic mass is 15.3. The van der Waals surface area contributed by atoms with Crippen LogP contribution < -0.4 is 0 Å². The Kier molecular flexibility index (Phi) is 15.8. The van der Waals surface area contributed by atoms with Crippen molar-refractivity contribution in [3.05, 3.63) is 0 Å². The third-order valence-corrected chi connectivity index (χ3v) is 5.15. The molecule has 0 saturated carbocycles. The first-order valence-electron chi connectivity index (χ1n) is 10.5. The predicted molar refractivity (Wildman–Crippen MR) is 102 cm³/mol. The first-order valence-corrected chi connectivity index (χ1v) is 10.5. The largest absolute Gasteiger partial charge is 0.326 e. The van der Waals surface area contributed by atoms with E-state index in [-0.39, 0.29) is 0 Å². The molecule has 0 aromatic rings. The minimum Gasteiger partial charge on any atom is -0.326 e. The van der Waals surface area contributed by atoms with Gasteiger partial charge in [0.15, 0.2) is 0 Å². The summed E-state index contributed by atoms with van der Waals surface area (Å²) in [6, 6.07) is 0. The van der Waals surface area contributed by atoms with Crippen molar-refractivity contribution in [3.63, 3.8) is 0 Å². The summed E-state index contributed by atoms with van der Waals surface area (Å²) in [5.74, 6) is 0. The van der Waals surface area contributed by atoms with Crippen molar-refractivity contribution in [3.8, 4) is 0 Å². The first kappa shape index (κ1) is 22.0. The van der Waals surface area contributed by atoms with E-state index in [1.165, 1.54) is 114 Å². The van der Waals surface area contributed by atoms with Gasteiger partial charge in [-0.15, -0.1) is 0 Å². The summed E-state index contributed by atoms with van der Waals surface area (Å²) in [6.07, 6.45) is 19.9. The zero-order chi connectivity index (χ0) is 16.5. The standard InChI is InChI=1S/C21H46N/c1-5-8-11-14-15-18-21-22(4,19-16-12-9-6-2)20-17-13-10-7-3/h5-21H2,1-4H3/q+1. The van der Waals surface area contributed by atoms with Gasteiger partial charge in [-0.25, -0.2) is 0 Å². The van der Waals surface area contributed by atoms with Gasteiger partial charge in [0.05, 0.1) is 26.7 Å². The van der Waals surface area contributed by atoms with Crippen LogP contribution in [0.5, 0.6) is 0 Å². The Bertz CT molecular complexity index is 200. The molecule has 0 rings (SSSR count). The summed E-state index contributed by atoms with van der Waals surface area (Å²) in [5, 5.41) is 0. The highest BCUT2D eigenvalue weighted by Crippen LogP contribution is 2.15. The fourth-order valence-corrected chi connectivity index (χ4v) is 3.45. The number of hydrogen-bond acceptors (Lipinski definition) is 0. The molecule has 0 aromatic heterocycles. The van der Waals surface area contributed by atoms with Gasteiger partial charge in [-0.2, -0.15) is 0 Å². The number of unbranched alkanes of at least 4 members (excludes halogenated alkanes) is 11. The van der Waals surface area contributed by atoms with Gasteiger partial charge >= 0.3 is 0 Å². The molecule has 0 unspecified atom stereocenters. The maximum atomic E-state index is 2.53. The maximum absolute atomic E-state index is 2.53. The van der Waals surface area contributed by atoms with Gasteiger partial charge in [-0.05, 0) is 38.5 Å². The molecule has 0 aliphatic carbocycles. The highest BCUT2D eigenvalue weighted by molar-refractivity contribution is 4.49. The van der Waals surface area contributed by atoms with E-state index in [4.69, 9.17) is 0 Å². The summed E-state index contributed by atoms with van der Waals surface area (Å²) in [5.41, 5.74) is 0. The van der Waals surface area contributed by atoms with Crippen LogP contribution in [0.25, 0.3) is 0 Å². The van der Waals surface area contributed by atoms with Crippen molar-refractivity contribution in [2.45, 2.75) is 111 Å². The molecule has 0 N–H and O–H groups in total. The normalized spacial score (nSPS) is 12.0. The molecule has 22 heavy (non-hydrogen) atoms. The van der Waals surface area contributed by atoms with Crippen molar-refractivity contribution in [1.82, 2.24) is 0 Å². The SMILES string of the molecule is CCCCCCCC[N+](C)(CCCCCC)CCCCCC. The molecule has 0 aliphatic heterocycles. The number of hydrogen-bond donors (Lipinski definition) is 0. The van der Waals surface area contributed by atoms with Gasteiger partial charge in [0.25, 0.3) is 0 Å². The van der Waals surface area contributed by atoms with Gasteiger partial charge in [0.1, 0.15) is 0 Å². The zero-order valence-electron chi connectivity index (χ0n) is 16.5. The lowest BCUT2D eigenvalue weighted by Crippen LogP contribution is -2.46. The fourth-order valence-electron chi connectivity index (χ4n) is 3.45. The van der Waals surface area contributed by atoms with Gasteiger partial charge in [-0.1, -0.05) is 72.1 Å². The molecule has 1 heteroatoms. The van der Waals surface area contributed by atoms with E-state index in [0.29, 0.717) is 0 Å². The monoisotopic (exact) mass is 312 g/mol. The van der Waals surface area contributed by atoms with Crippen LogP contribution in [-0.2, 0) is 0 Å². The van der Waals surface area contributed by atoms with E-state index < -0.39 is 0 Å². The molecule has 134 valence electrons. The van der Waals surface area contributed by atoms with E-state index in [2.05, 4.69) is 27.8 Å². The van der Waals surface area contributed by atoms with Crippen LogP contribution in [0, 0.1) is 0 Å². The molecule has 0 aromatic carbocycles. The van der Waals surface area contributed by atoms with E-state index in [9.17, 15) is 0 Å². The maximum Gasteiger partial charge on any atom is 0.0784 e. The number of quaternary nitrogens is 1. The topological polar surface area (TPSA) is 0 Å². The van der Waals surface area contributed by atoms with E-state index >= 15 is 0 Å². The summed E-state index contributed by atoms with van der Waals surface area (Å²) in [4.78, 5) is 0. The van der Waals surface area contributed by atoms with Crippen LogP contribution in [0.3, 0.4) is 0 Å². The van der Waals surface area contributed by atoms with Gasteiger partial charge < -0.3 is 4.48 Å². The molecule has 1 nitrogen and oxygen atoms in total. The quantitative estimate of drug-likeness (QED) is 0.201. The van der Waals surface area contributed by atoms with Crippen molar-refractivity contribution in [2.75, 3.05) is 26.7 Å². The number of rotatable bonds is 17. The molecule has 0 spiro atoms. The van der Waals surface area contributed by atoms with E-state index in [1.807, 2.05) is 0 Å². The molecule has 0 heterocycles. The van der Waals surface area contributed by atoms with Gasteiger partial charge in [0.2, 0.25) is 0 Å². The summed E-state index contributed by atoms with van der Waals surface area (Å²) >= 11 is 0. The molecule has 0 bridgehead atoms. The van der Waals surface area contributed by atoms with Crippen molar-refractivity contribution >= 4 is 0 Å². The second-order valence-electron chi connectivity index (χ2n) is 7.68. The average Bonchev–Trinajstić information content (AvgIpc) is 2.52. The van der Waals surface area contributed by atoms with Crippen LogP contribution >= 0.6 is 0 Å². The lowest BCUT2D eigenvalue weighted by molar-refractivity contribution is -0.910. The van der Waals surface area contributed by atoms with Crippen molar-refractivity contribution < 1.29 is 4.48 Å². The third-order valence-electron chi connectivity index (χ3n) is 5.15. The Morgan fingerprint density at radius 2 is 0.682 bits per heavy atom. The fraction of sp³-hybridized carbons (Fsp3) is 1.00. The Balaban J connectivity index is 3.96. The lowest BCUT2D eigenvalue weighted by atomic mass is 10.1. The molecule has 0 saturated heterocycles. The molecule has 0 fully saturated rings. The van der Waals surface area contributed by atoms with Crippen LogP contribution in [0.1, 0.15) is 111 Å². The van der Waals surface area contributed by atoms with Crippen LogP contribution in [-0.4, -0.2) is 31.2 Å². The smallest absolute Gasteiger partial charge is 0.0784 e. The van der Waals surface area contributed by atoms with E-state index in [1.54, 1.807) is 0 Å². The van der Waals surface area contributed by atoms with Gasteiger partial charge in [0, 0.05) is 0 Å². The molecule has 0 atom stereocenters. The average molecular weight is 313 g/mol. The molecular formula is C21H46N+. The van der Waals surface area contributed by atoms with Crippen LogP contribution in [0.15, 0.2) is 0 Å². The second-order valence-corrected chi connectivity index (χ2v) is 7.68. The molecule has 0 radical (unpaired) electrons. The predicted octanol–water partition coefficient (Wildman–Crippen LogP) is 6.95. The molecule has 0 amide bonds. The van der Waals surface area contributed by atoms with Gasteiger partial charge in [-0.3, -0.25) is 0 Å². The Morgan fingerprint density at radius 3 is 1.05 bits per heavy atom. The summed E-state index contributed by atoms with van der Waals surface area (Å²) < 4.78 is 1.35. The van der Waals surface area contributed by atoms with Crippen molar-refractivity contribution in [1.29, 1.82) is 0 Å². The number of nitrogens with zero attached hydrogens (tertiary/aromatic N) is 1. The zero-order valence-corrected chi connectivity index (χ0v) is 16.5. The van der Waals surface area contributed by atoms with Crippen LogP contribution in [0.2, 0.25) is 0 Å². The van der Waals surface area contributed by atoms with E-state index in [0.717, 1.165) is 0 Å². The summed E-state index contributed by atoms with van der Waals surface area (Å²) in [6.45, 7) is 11.2. The minimum atomic E-state index is 1.35. The molecule has 0 aliphatic rings. The minimum absolute atomic E-state index is 1.35.